The third-order valence-corrected chi connectivity index (χ3v) is 3.67. The monoisotopic (exact) mass is 249 g/mol. The molecular weight excluding hydrogens is 218 g/mol. The van der Waals surface area contributed by atoms with E-state index in [1.807, 2.05) is 6.21 Å². The molecule has 0 saturated carbocycles. The number of rotatable bonds is 8. The zero-order chi connectivity index (χ0) is 14.2. The van der Waals surface area contributed by atoms with Gasteiger partial charge in [0.2, 0.25) is 0 Å². The third kappa shape index (κ3) is 6.78. The predicted molar refractivity (Wildman–Crippen MR) is 84.2 cm³/mol. The Morgan fingerprint density at radius 1 is 1.33 bits per heavy atom. The van der Waals surface area contributed by atoms with E-state index in [9.17, 15) is 0 Å². The van der Waals surface area contributed by atoms with Crippen LogP contribution in [0.3, 0.4) is 0 Å². The molecule has 0 amide bonds. The van der Waals surface area contributed by atoms with Crippen molar-refractivity contribution in [1.82, 2.24) is 0 Å². The second-order valence-corrected chi connectivity index (χ2v) is 6.09. The SMILES string of the molecule is C=C(N=C/C(=C\C)CCCC(C)C)C(C)(C)CC. The number of aliphatic imine (C=N–C) groups is 1. The Bertz CT molecular complexity index is 306. The van der Waals surface area contributed by atoms with Crippen LogP contribution in [0, 0.1) is 11.3 Å². The molecule has 0 aromatic rings. The fraction of sp³-hybridized carbons (Fsp3) is 0.706. The van der Waals surface area contributed by atoms with Crippen molar-refractivity contribution in [3.63, 3.8) is 0 Å². The first-order valence-corrected chi connectivity index (χ1v) is 7.22. The summed E-state index contributed by atoms with van der Waals surface area (Å²) in [6, 6.07) is 0. The lowest BCUT2D eigenvalue weighted by molar-refractivity contribution is 0.427. The minimum absolute atomic E-state index is 0.104. The van der Waals surface area contributed by atoms with E-state index in [2.05, 4.69) is 59.2 Å². The standard InChI is InChI=1S/C17H31N/c1-8-16(12-10-11-14(3)4)13-18-15(5)17(6,7)9-2/h8,13-14H,5,9-12H2,1-4,6-7H3/b16-8-,18-13?. The minimum Gasteiger partial charge on any atom is -0.261 e. The van der Waals surface area contributed by atoms with Crippen LogP contribution < -0.4 is 0 Å². The molecule has 0 aliphatic rings. The van der Waals surface area contributed by atoms with Gasteiger partial charge in [-0.05, 0) is 37.7 Å². The van der Waals surface area contributed by atoms with Crippen LogP contribution in [-0.2, 0) is 0 Å². The predicted octanol–water partition coefficient (Wildman–Crippen LogP) is 5.78. The number of nitrogens with zero attached hydrogens (tertiary/aromatic N) is 1. The zero-order valence-electron chi connectivity index (χ0n) is 13.2. The van der Waals surface area contributed by atoms with Gasteiger partial charge in [0.05, 0.1) is 0 Å². The molecule has 0 spiro atoms. The summed E-state index contributed by atoms with van der Waals surface area (Å²) < 4.78 is 0. The summed E-state index contributed by atoms with van der Waals surface area (Å²) in [5.41, 5.74) is 2.41. The number of hydrogen-bond donors (Lipinski definition) is 0. The molecule has 0 bridgehead atoms. The van der Waals surface area contributed by atoms with Crippen LogP contribution in [0.15, 0.2) is 28.9 Å². The molecule has 1 heteroatoms. The van der Waals surface area contributed by atoms with Crippen molar-refractivity contribution in [2.24, 2.45) is 16.3 Å². The van der Waals surface area contributed by atoms with Crippen molar-refractivity contribution in [1.29, 1.82) is 0 Å². The second-order valence-electron chi connectivity index (χ2n) is 6.09. The Labute approximate surface area is 114 Å². The molecule has 18 heavy (non-hydrogen) atoms. The molecule has 0 saturated heterocycles. The summed E-state index contributed by atoms with van der Waals surface area (Å²) in [5, 5.41) is 0. The lowest BCUT2D eigenvalue weighted by Gasteiger charge is -2.22. The van der Waals surface area contributed by atoms with Gasteiger partial charge >= 0.3 is 0 Å². The highest BCUT2D eigenvalue weighted by atomic mass is 14.8. The van der Waals surface area contributed by atoms with E-state index in [1.54, 1.807) is 0 Å². The van der Waals surface area contributed by atoms with E-state index in [4.69, 9.17) is 0 Å². The summed E-state index contributed by atoms with van der Waals surface area (Å²) in [6.45, 7) is 17.3. The summed E-state index contributed by atoms with van der Waals surface area (Å²) in [6.07, 6.45) is 8.88. The molecule has 1 nitrogen and oxygen atoms in total. The van der Waals surface area contributed by atoms with Crippen molar-refractivity contribution < 1.29 is 0 Å². The summed E-state index contributed by atoms with van der Waals surface area (Å²) >= 11 is 0. The second kappa shape index (κ2) is 8.29. The van der Waals surface area contributed by atoms with Gasteiger partial charge in [-0.25, -0.2) is 0 Å². The average molecular weight is 249 g/mol. The fourth-order valence-electron chi connectivity index (χ4n) is 1.54. The first kappa shape index (κ1) is 17.2. The van der Waals surface area contributed by atoms with Gasteiger partial charge in [0.25, 0.3) is 0 Å². The van der Waals surface area contributed by atoms with Gasteiger partial charge in [-0.1, -0.05) is 53.7 Å². The molecule has 0 aliphatic heterocycles. The average Bonchev–Trinajstić information content (AvgIpc) is 2.32. The molecule has 0 N–H and O–H groups in total. The minimum atomic E-state index is 0.104. The first-order valence-electron chi connectivity index (χ1n) is 7.22. The molecule has 0 rings (SSSR count). The topological polar surface area (TPSA) is 12.4 Å². The van der Waals surface area contributed by atoms with Crippen LogP contribution in [0.2, 0.25) is 0 Å². The molecule has 104 valence electrons. The van der Waals surface area contributed by atoms with Gasteiger partial charge in [-0.15, -0.1) is 0 Å². The van der Waals surface area contributed by atoms with Crippen molar-refractivity contribution >= 4 is 6.21 Å². The molecule has 0 atom stereocenters. The molecule has 0 unspecified atom stereocenters. The number of hydrogen-bond acceptors (Lipinski definition) is 1. The van der Waals surface area contributed by atoms with E-state index in [1.165, 1.54) is 18.4 Å². The van der Waals surface area contributed by atoms with E-state index in [0.29, 0.717) is 0 Å². The van der Waals surface area contributed by atoms with Crippen LogP contribution in [-0.4, -0.2) is 6.21 Å². The van der Waals surface area contributed by atoms with E-state index >= 15 is 0 Å². The summed E-state index contributed by atoms with van der Waals surface area (Å²) in [4.78, 5) is 4.55. The lowest BCUT2D eigenvalue weighted by atomic mass is 9.87. The van der Waals surface area contributed by atoms with Crippen LogP contribution >= 0.6 is 0 Å². The van der Waals surface area contributed by atoms with Gasteiger partial charge in [0, 0.05) is 17.3 Å². The third-order valence-electron chi connectivity index (χ3n) is 3.67. The Hall–Kier alpha value is -0.850. The Morgan fingerprint density at radius 2 is 1.94 bits per heavy atom. The highest BCUT2D eigenvalue weighted by molar-refractivity contribution is 5.79. The van der Waals surface area contributed by atoms with Gasteiger partial charge in [0.1, 0.15) is 0 Å². The molecule has 0 aromatic heterocycles. The number of allylic oxidation sites excluding steroid dienone is 3. The maximum atomic E-state index is 4.55. The summed E-state index contributed by atoms with van der Waals surface area (Å²) in [5.74, 6) is 0.786. The van der Waals surface area contributed by atoms with Crippen molar-refractivity contribution in [2.45, 2.75) is 67.2 Å². The molecule has 0 heterocycles. The van der Waals surface area contributed by atoms with E-state index in [-0.39, 0.29) is 5.41 Å². The van der Waals surface area contributed by atoms with E-state index < -0.39 is 0 Å². The highest BCUT2D eigenvalue weighted by Crippen LogP contribution is 2.29. The summed E-state index contributed by atoms with van der Waals surface area (Å²) in [7, 11) is 0. The van der Waals surface area contributed by atoms with E-state index in [0.717, 1.165) is 24.5 Å². The normalized spacial score (nSPS) is 13.6. The van der Waals surface area contributed by atoms with Crippen molar-refractivity contribution in [2.75, 3.05) is 0 Å². The van der Waals surface area contributed by atoms with Crippen LogP contribution in [0.5, 0.6) is 0 Å². The van der Waals surface area contributed by atoms with Crippen LogP contribution in [0.4, 0.5) is 0 Å². The van der Waals surface area contributed by atoms with Gasteiger partial charge in [0.15, 0.2) is 0 Å². The molecular formula is C17H31N. The molecule has 0 aliphatic carbocycles. The Balaban J connectivity index is 4.34. The van der Waals surface area contributed by atoms with Gasteiger partial charge in [-0.2, -0.15) is 0 Å². The quantitative estimate of drug-likeness (QED) is 0.483. The van der Waals surface area contributed by atoms with Gasteiger partial charge in [-0.3, -0.25) is 4.99 Å². The lowest BCUT2D eigenvalue weighted by Crippen LogP contribution is -2.11. The Morgan fingerprint density at radius 3 is 2.39 bits per heavy atom. The zero-order valence-corrected chi connectivity index (χ0v) is 13.2. The Kier molecular flexibility index (Phi) is 7.90. The highest BCUT2D eigenvalue weighted by Gasteiger charge is 2.18. The van der Waals surface area contributed by atoms with Crippen LogP contribution in [0.1, 0.15) is 67.2 Å². The molecule has 0 radical (unpaired) electrons. The molecule has 0 aromatic carbocycles. The maximum absolute atomic E-state index is 4.55. The van der Waals surface area contributed by atoms with Gasteiger partial charge < -0.3 is 0 Å². The smallest absolute Gasteiger partial charge is 0.0388 e. The molecule has 0 fully saturated rings. The first-order chi connectivity index (χ1) is 8.33. The van der Waals surface area contributed by atoms with Crippen molar-refractivity contribution in [3.8, 4) is 0 Å². The van der Waals surface area contributed by atoms with Crippen molar-refractivity contribution in [3.05, 3.63) is 23.9 Å². The maximum Gasteiger partial charge on any atom is 0.0388 e. The fourth-order valence-corrected chi connectivity index (χ4v) is 1.54. The van der Waals surface area contributed by atoms with Crippen LogP contribution in [0.25, 0.3) is 0 Å². The largest absolute Gasteiger partial charge is 0.261 e.